The molecule has 2 heterocycles. The van der Waals surface area contributed by atoms with E-state index in [1.165, 1.54) is 25.1 Å². The molecular formula is C13H22N4. The van der Waals surface area contributed by atoms with Crippen LogP contribution in [0.25, 0.3) is 0 Å². The minimum Gasteiger partial charge on any atom is -0.316 e. The van der Waals surface area contributed by atoms with Gasteiger partial charge in [0.05, 0.1) is 0 Å². The van der Waals surface area contributed by atoms with Crippen LogP contribution in [0, 0.1) is 12.8 Å². The summed E-state index contributed by atoms with van der Waals surface area (Å²) in [7, 11) is 0. The molecule has 1 aromatic rings. The third-order valence-electron chi connectivity index (χ3n) is 4.52. The Labute approximate surface area is 103 Å². The molecule has 1 atom stereocenters. The van der Waals surface area contributed by atoms with Crippen LogP contribution in [0.15, 0.2) is 0 Å². The van der Waals surface area contributed by atoms with E-state index in [2.05, 4.69) is 40.9 Å². The summed E-state index contributed by atoms with van der Waals surface area (Å²) in [6.45, 7) is 8.87. The molecule has 0 aromatic carbocycles. The van der Waals surface area contributed by atoms with Gasteiger partial charge in [0.2, 0.25) is 0 Å². The first-order chi connectivity index (χ1) is 8.15. The van der Waals surface area contributed by atoms with E-state index in [1.54, 1.807) is 0 Å². The van der Waals surface area contributed by atoms with E-state index in [4.69, 9.17) is 0 Å². The average molecular weight is 234 g/mol. The SMILES string of the molecule is Cc1nnc(C2(C(C)C)CCNC2)n1C1CC1. The molecule has 1 aliphatic heterocycles. The second-order valence-corrected chi connectivity index (χ2v) is 5.91. The van der Waals surface area contributed by atoms with Crippen LogP contribution in [0.1, 0.15) is 50.8 Å². The highest BCUT2D eigenvalue weighted by atomic mass is 15.3. The van der Waals surface area contributed by atoms with Gasteiger partial charge in [0.15, 0.2) is 0 Å². The van der Waals surface area contributed by atoms with Crippen molar-refractivity contribution in [3.05, 3.63) is 11.6 Å². The van der Waals surface area contributed by atoms with Gasteiger partial charge in [-0.25, -0.2) is 0 Å². The maximum absolute atomic E-state index is 4.53. The Morgan fingerprint density at radius 1 is 1.35 bits per heavy atom. The Balaban J connectivity index is 2.07. The van der Waals surface area contributed by atoms with Crippen LogP contribution in [0.2, 0.25) is 0 Å². The molecule has 0 spiro atoms. The third-order valence-corrected chi connectivity index (χ3v) is 4.52. The highest BCUT2D eigenvalue weighted by Gasteiger charge is 2.45. The lowest BCUT2D eigenvalue weighted by Gasteiger charge is -2.32. The summed E-state index contributed by atoms with van der Waals surface area (Å²) < 4.78 is 2.41. The van der Waals surface area contributed by atoms with Gasteiger partial charge in [0.1, 0.15) is 11.6 Å². The fourth-order valence-corrected chi connectivity index (χ4v) is 3.13. The lowest BCUT2D eigenvalue weighted by molar-refractivity contribution is 0.304. The maximum atomic E-state index is 4.53. The van der Waals surface area contributed by atoms with Crippen LogP contribution < -0.4 is 5.32 Å². The largest absolute Gasteiger partial charge is 0.316 e. The van der Waals surface area contributed by atoms with Crippen LogP contribution in [-0.4, -0.2) is 27.9 Å². The van der Waals surface area contributed by atoms with Crippen molar-refractivity contribution in [3.63, 3.8) is 0 Å². The molecule has 1 unspecified atom stereocenters. The van der Waals surface area contributed by atoms with Crippen LogP contribution in [0.5, 0.6) is 0 Å². The molecule has 0 bridgehead atoms. The van der Waals surface area contributed by atoms with E-state index in [0.717, 1.165) is 18.9 Å². The molecule has 1 saturated heterocycles. The average Bonchev–Trinajstić information content (AvgIpc) is 2.87. The molecule has 1 saturated carbocycles. The molecular weight excluding hydrogens is 212 g/mol. The van der Waals surface area contributed by atoms with Crippen molar-refractivity contribution in [1.29, 1.82) is 0 Å². The van der Waals surface area contributed by atoms with E-state index < -0.39 is 0 Å². The Morgan fingerprint density at radius 3 is 2.65 bits per heavy atom. The van der Waals surface area contributed by atoms with Gasteiger partial charge in [-0.3, -0.25) is 0 Å². The minimum atomic E-state index is 0.198. The zero-order valence-corrected chi connectivity index (χ0v) is 11.0. The van der Waals surface area contributed by atoms with Crippen LogP contribution in [-0.2, 0) is 5.41 Å². The van der Waals surface area contributed by atoms with Gasteiger partial charge in [-0.1, -0.05) is 13.8 Å². The molecule has 1 aromatic heterocycles. The van der Waals surface area contributed by atoms with Gasteiger partial charge in [-0.05, 0) is 38.6 Å². The Hall–Kier alpha value is -0.900. The smallest absolute Gasteiger partial charge is 0.141 e. The summed E-state index contributed by atoms with van der Waals surface area (Å²) in [5.74, 6) is 2.94. The first kappa shape index (κ1) is 11.2. The zero-order valence-electron chi connectivity index (χ0n) is 11.0. The predicted molar refractivity (Wildman–Crippen MR) is 67.0 cm³/mol. The molecule has 94 valence electrons. The topological polar surface area (TPSA) is 42.7 Å². The number of nitrogens with one attached hydrogen (secondary N) is 1. The third kappa shape index (κ3) is 1.61. The summed E-state index contributed by atoms with van der Waals surface area (Å²) in [6, 6.07) is 0.677. The second-order valence-electron chi connectivity index (χ2n) is 5.91. The maximum Gasteiger partial charge on any atom is 0.141 e. The summed E-state index contributed by atoms with van der Waals surface area (Å²) in [5, 5.41) is 12.4. The first-order valence-corrected chi connectivity index (χ1v) is 6.78. The van der Waals surface area contributed by atoms with E-state index >= 15 is 0 Å². The van der Waals surface area contributed by atoms with Crippen LogP contribution in [0.4, 0.5) is 0 Å². The second kappa shape index (κ2) is 3.80. The Kier molecular flexibility index (Phi) is 2.51. The highest BCUT2D eigenvalue weighted by molar-refractivity contribution is 5.18. The summed E-state index contributed by atoms with van der Waals surface area (Å²) in [5.41, 5.74) is 0.198. The van der Waals surface area contributed by atoms with E-state index in [1.807, 2.05) is 0 Å². The van der Waals surface area contributed by atoms with Crippen molar-refractivity contribution in [1.82, 2.24) is 20.1 Å². The summed E-state index contributed by atoms with van der Waals surface area (Å²) in [6.07, 6.45) is 3.79. The number of aryl methyl sites for hydroxylation is 1. The molecule has 2 aliphatic rings. The number of hydrogen-bond acceptors (Lipinski definition) is 3. The molecule has 0 amide bonds. The molecule has 4 nitrogen and oxygen atoms in total. The molecule has 4 heteroatoms. The monoisotopic (exact) mass is 234 g/mol. The van der Waals surface area contributed by atoms with Crippen LogP contribution >= 0.6 is 0 Å². The molecule has 2 fully saturated rings. The van der Waals surface area contributed by atoms with Crippen molar-refractivity contribution >= 4 is 0 Å². The summed E-state index contributed by atoms with van der Waals surface area (Å²) in [4.78, 5) is 0. The normalized spacial score (nSPS) is 29.2. The van der Waals surface area contributed by atoms with Gasteiger partial charge in [-0.15, -0.1) is 10.2 Å². The van der Waals surface area contributed by atoms with E-state index in [-0.39, 0.29) is 5.41 Å². The molecule has 1 aliphatic carbocycles. The van der Waals surface area contributed by atoms with Crippen molar-refractivity contribution in [2.45, 2.75) is 51.5 Å². The van der Waals surface area contributed by atoms with Gasteiger partial charge in [-0.2, -0.15) is 0 Å². The molecule has 1 N–H and O–H groups in total. The van der Waals surface area contributed by atoms with Gasteiger partial charge < -0.3 is 9.88 Å². The number of nitrogens with zero attached hydrogens (tertiary/aromatic N) is 3. The number of rotatable bonds is 3. The van der Waals surface area contributed by atoms with Crippen molar-refractivity contribution in [3.8, 4) is 0 Å². The molecule has 0 radical (unpaired) electrons. The van der Waals surface area contributed by atoms with Crippen molar-refractivity contribution < 1.29 is 0 Å². The van der Waals surface area contributed by atoms with Gasteiger partial charge >= 0.3 is 0 Å². The molecule has 3 rings (SSSR count). The van der Waals surface area contributed by atoms with Crippen molar-refractivity contribution in [2.24, 2.45) is 5.92 Å². The standard InChI is InChI=1S/C13H22N4/c1-9(2)13(6-7-14-8-13)12-16-15-10(3)17(12)11-4-5-11/h9,11,14H,4-8H2,1-3H3. The highest BCUT2D eigenvalue weighted by Crippen LogP contribution is 2.43. The van der Waals surface area contributed by atoms with Crippen molar-refractivity contribution in [2.75, 3.05) is 13.1 Å². The number of aromatic nitrogens is 3. The fraction of sp³-hybridized carbons (Fsp3) is 0.846. The fourth-order valence-electron chi connectivity index (χ4n) is 3.13. The van der Waals surface area contributed by atoms with Gasteiger partial charge in [0, 0.05) is 18.0 Å². The lowest BCUT2D eigenvalue weighted by Crippen LogP contribution is -2.37. The van der Waals surface area contributed by atoms with E-state index in [9.17, 15) is 0 Å². The predicted octanol–water partition coefficient (Wildman–Crippen LogP) is 1.81. The minimum absolute atomic E-state index is 0.198. The van der Waals surface area contributed by atoms with E-state index in [0.29, 0.717) is 12.0 Å². The number of hydrogen-bond donors (Lipinski definition) is 1. The quantitative estimate of drug-likeness (QED) is 0.867. The lowest BCUT2D eigenvalue weighted by atomic mass is 9.75. The molecule has 17 heavy (non-hydrogen) atoms. The first-order valence-electron chi connectivity index (χ1n) is 6.78. The van der Waals surface area contributed by atoms with Crippen LogP contribution in [0.3, 0.4) is 0 Å². The Morgan fingerprint density at radius 2 is 2.12 bits per heavy atom. The zero-order chi connectivity index (χ0) is 12.0. The Bertz CT molecular complexity index is 411. The van der Waals surface area contributed by atoms with Gasteiger partial charge in [0.25, 0.3) is 0 Å². The summed E-state index contributed by atoms with van der Waals surface area (Å²) >= 11 is 0.